The van der Waals surface area contributed by atoms with Crippen LogP contribution in [0.3, 0.4) is 0 Å². The smallest absolute Gasteiger partial charge is 0.0946 e. The van der Waals surface area contributed by atoms with E-state index in [4.69, 9.17) is 15.9 Å². The van der Waals surface area contributed by atoms with Crippen LogP contribution in [0, 0.1) is 10.8 Å². The van der Waals surface area contributed by atoms with Crippen molar-refractivity contribution in [1.82, 2.24) is 0 Å². The van der Waals surface area contributed by atoms with Crippen molar-refractivity contribution in [2.45, 2.75) is 19.8 Å². The molecule has 0 saturated heterocycles. The van der Waals surface area contributed by atoms with Gasteiger partial charge in [0.2, 0.25) is 0 Å². The fraction of sp³-hybridized carbons (Fsp3) is 0.133. The van der Waals surface area contributed by atoms with E-state index < -0.39 is 0 Å². The summed E-state index contributed by atoms with van der Waals surface area (Å²) in [5.41, 5.74) is 12.8. The van der Waals surface area contributed by atoms with Crippen molar-refractivity contribution in [1.29, 1.82) is 10.8 Å². The zero-order chi connectivity index (χ0) is 25.2. The van der Waals surface area contributed by atoms with E-state index in [1.807, 2.05) is 31.2 Å². The number of nitrogens with one attached hydrogen (secondary N) is 2. The van der Waals surface area contributed by atoms with Gasteiger partial charge in [-0.3, -0.25) is 0 Å². The van der Waals surface area contributed by atoms with Crippen molar-refractivity contribution in [3.8, 4) is 11.1 Å². The molecular weight excluding hydrogens is 434 g/mol. The van der Waals surface area contributed by atoms with Gasteiger partial charge in [0.25, 0.3) is 0 Å². The first-order valence-electron chi connectivity index (χ1n) is 11.5. The van der Waals surface area contributed by atoms with Gasteiger partial charge in [0.05, 0.1) is 12.9 Å². The van der Waals surface area contributed by atoms with Gasteiger partial charge in [-0.2, -0.15) is 0 Å². The number of allylic oxidation sites excluding steroid dienone is 4. The minimum atomic E-state index is -0.116. The number of hydrogen-bond acceptors (Lipinski definition) is 5. The molecule has 0 saturated carbocycles. The molecule has 4 rings (SSSR count). The Morgan fingerprint density at radius 1 is 0.971 bits per heavy atom. The van der Waals surface area contributed by atoms with E-state index in [0.717, 1.165) is 69.5 Å². The zero-order valence-corrected chi connectivity index (χ0v) is 19.8. The molecule has 0 fully saturated rings. The standard InChI is InChI=1S/C28H26N2O.C2H5NO/c1-2-19(17-29)27-23-10-6-7-11-24(23)28(22(18-30)14-15-31)25-13-12-21(16-26(25)27)20-8-4-3-5-9-20;3-1-2-4/h2-5,7-9,11-14,16-18,29-31H,6,10,15H2,1H3;1-2,4H,3H2/b19-2+,22-14+,29-17?,30-18?;2-1-. The first kappa shape index (κ1) is 25.4. The summed E-state index contributed by atoms with van der Waals surface area (Å²) in [6.07, 6.45) is 14.4. The second kappa shape index (κ2) is 12.3. The Kier molecular flexibility index (Phi) is 8.93. The second-order valence-electron chi connectivity index (χ2n) is 7.93. The van der Waals surface area contributed by atoms with Crippen LogP contribution in [0.1, 0.15) is 35.6 Å². The Labute approximate surface area is 206 Å². The number of rotatable bonds is 6. The first-order valence-corrected chi connectivity index (χ1v) is 11.5. The summed E-state index contributed by atoms with van der Waals surface area (Å²) in [6, 6.07) is 16.7. The van der Waals surface area contributed by atoms with Crippen LogP contribution in [0.5, 0.6) is 0 Å². The van der Waals surface area contributed by atoms with E-state index in [1.54, 1.807) is 6.08 Å². The van der Waals surface area contributed by atoms with Crippen LogP contribution in [0.25, 0.3) is 39.1 Å². The lowest BCUT2D eigenvalue weighted by atomic mass is 9.79. The fourth-order valence-corrected chi connectivity index (χ4v) is 4.52. The summed E-state index contributed by atoms with van der Waals surface area (Å²) >= 11 is 0. The van der Waals surface area contributed by atoms with E-state index in [9.17, 15) is 5.11 Å². The van der Waals surface area contributed by atoms with Gasteiger partial charge in [-0.1, -0.05) is 60.7 Å². The molecule has 0 amide bonds. The van der Waals surface area contributed by atoms with Crippen LogP contribution in [0.4, 0.5) is 0 Å². The van der Waals surface area contributed by atoms with Crippen molar-refractivity contribution >= 4 is 40.4 Å². The quantitative estimate of drug-likeness (QED) is 0.211. The molecule has 5 heteroatoms. The highest BCUT2D eigenvalue weighted by atomic mass is 16.2. The molecule has 1 aliphatic rings. The molecule has 0 atom stereocenters. The molecule has 0 spiro atoms. The Balaban J connectivity index is 0.000000795. The summed E-state index contributed by atoms with van der Waals surface area (Å²) in [6.45, 7) is 1.86. The second-order valence-corrected chi connectivity index (χ2v) is 7.93. The molecule has 0 radical (unpaired) electrons. The van der Waals surface area contributed by atoms with Crippen molar-refractivity contribution in [3.63, 3.8) is 0 Å². The Morgan fingerprint density at radius 3 is 2.29 bits per heavy atom. The van der Waals surface area contributed by atoms with Crippen LogP contribution in [0.2, 0.25) is 0 Å². The Hall–Kier alpha value is -4.22. The van der Waals surface area contributed by atoms with Gasteiger partial charge in [0.15, 0.2) is 0 Å². The van der Waals surface area contributed by atoms with Gasteiger partial charge in [0, 0.05) is 18.6 Å². The maximum Gasteiger partial charge on any atom is 0.0946 e. The van der Waals surface area contributed by atoms with Crippen LogP contribution >= 0.6 is 0 Å². The zero-order valence-electron chi connectivity index (χ0n) is 19.8. The molecule has 5 nitrogen and oxygen atoms in total. The molecule has 35 heavy (non-hydrogen) atoms. The average molecular weight is 466 g/mol. The van der Waals surface area contributed by atoms with E-state index in [1.165, 1.54) is 18.0 Å². The van der Waals surface area contributed by atoms with Crippen LogP contribution in [0.15, 0.2) is 79.2 Å². The maximum atomic E-state index is 9.58. The van der Waals surface area contributed by atoms with Gasteiger partial charge in [-0.25, -0.2) is 0 Å². The Bertz CT molecular complexity index is 1330. The molecule has 6 N–H and O–H groups in total. The minimum Gasteiger partial charge on any atom is -0.514 e. The van der Waals surface area contributed by atoms with Gasteiger partial charge < -0.3 is 26.8 Å². The molecule has 0 aromatic heterocycles. The highest BCUT2D eigenvalue weighted by Crippen LogP contribution is 2.41. The third kappa shape index (κ3) is 5.31. The van der Waals surface area contributed by atoms with Gasteiger partial charge >= 0.3 is 0 Å². The van der Waals surface area contributed by atoms with Gasteiger partial charge in [0.1, 0.15) is 0 Å². The summed E-state index contributed by atoms with van der Waals surface area (Å²) in [4.78, 5) is 0. The molecule has 3 aromatic carbocycles. The highest BCUT2D eigenvalue weighted by molar-refractivity contribution is 6.21. The third-order valence-corrected chi connectivity index (χ3v) is 6.00. The minimum absolute atomic E-state index is 0.116. The Morgan fingerprint density at radius 2 is 1.69 bits per heavy atom. The predicted octanol–water partition coefficient (Wildman–Crippen LogP) is 6.52. The number of nitrogens with two attached hydrogens (primary N) is 1. The summed E-state index contributed by atoms with van der Waals surface area (Å²) in [7, 11) is 0. The van der Waals surface area contributed by atoms with Crippen molar-refractivity contribution in [2.24, 2.45) is 5.73 Å². The molecule has 178 valence electrons. The lowest BCUT2D eigenvalue weighted by molar-refractivity contribution is 0.343. The largest absolute Gasteiger partial charge is 0.514 e. The molecule has 0 unspecified atom stereocenters. The molecular formula is C30H31N3O2. The molecule has 3 aromatic rings. The maximum absolute atomic E-state index is 9.58. The van der Waals surface area contributed by atoms with Crippen molar-refractivity contribution in [3.05, 3.63) is 101 Å². The van der Waals surface area contributed by atoms with Crippen LogP contribution in [-0.4, -0.2) is 29.2 Å². The SMILES string of the molecule is C/C=C(\C=N)c1c2c(c(/C(C=N)=C/CO)c3ccc(-c4ccccc4)cc13)C=CCC2.N/C=C\O. The summed E-state index contributed by atoms with van der Waals surface area (Å²) < 4.78 is 0. The van der Waals surface area contributed by atoms with Crippen molar-refractivity contribution < 1.29 is 10.2 Å². The monoisotopic (exact) mass is 465 g/mol. The highest BCUT2D eigenvalue weighted by Gasteiger charge is 2.22. The average Bonchev–Trinajstić information content (AvgIpc) is 2.92. The number of aliphatic hydroxyl groups excluding tert-OH is 2. The van der Waals surface area contributed by atoms with Crippen molar-refractivity contribution in [2.75, 3.05) is 6.61 Å². The topological polar surface area (TPSA) is 114 Å². The first-order chi connectivity index (χ1) is 17.1. The number of fused-ring (bicyclic) bond motifs is 2. The lowest BCUT2D eigenvalue weighted by Crippen LogP contribution is -2.07. The van der Waals surface area contributed by atoms with E-state index in [0.29, 0.717) is 5.57 Å². The summed E-state index contributed by atoms with van der Waals surface area (Å²) in [5, 5.41) is 35.3. The number of hydrogen-bond donors (Lipinski definition) is 5. The molecule has 0 bridgehead atoms. The normalized spacial score (nSPS) is 13.3. The predicted molar refractivity (Wildman–Crippen MR) is 149 cm³/mol. The lowest BCUT2D eigenvalue weighted by Gasteiger charge is -2.24. The molecule has 0 heterocycles. The van der Waals surface area contributed by atoms with E-state index >= 15 is 0 Å². The molecule has 1 aliphatic carbocycles. The fourth-order valence-electron chi connectivity index (χ4n) is 4.52. The summed E-state index contributed by atoms with van der Waals surface area (Å²) in [5.74, 6) is 0. The van der Waals surface area contributed by atoms with Crippen LogP contribution in [-0.2, 0) is 6.42 Å². The number of benzene rings is 3. The van der Waals surface area contributed by atoms with Gasteiger partial charge in [-0.15, -0.1) is 0 Å². The van der Waals surface area contributed by atoms with E-state index in [-0.39, 0.29) is 6.61 Å². The third-order valence-electron chi connectivity index (χ3n) is 6.00. The van der Waals surface area contributed by atoms with Gasteiger partial charge in [-0.05, 0) is 87.2 Å². The molecule has 0 aliphatic heterocycles. The van der Waals surface area contributed by atoms with Crippen LogP contribution < -0.4 is 5.73 Å². The van der Waals surface area contributed by atoms with E-state index in [2.05, 4.69) is 48.2 Å². The number of aliphatic hydroxyl groups is 2.